The molecule has 0 aliphatic carbocycles. The van der Waals surface area contributed by atoms with Crippen LogP contribution in [0.3, 0.4) is 0 Å². The van der Waals surface area contributed by atoms with Gasteiger partial charge < -0.3 is 5.11 Å². The largest absolute Gasteiger partial charge is 0.505 e. The van der Waals surface area contributed by atoms with Gasteiger partial charge in [-0.3, -0.25) is 0 Å². The molecule has 0 aliphatic heterocycles. The van der Waals surface area contributed by atoms with E-state index in [0.717, 1.165) is 0 Å². The van der Waals surface area contributed by atoms with Crippen LogP contribution in [0.5, 0.6) is 5.75 Å². The van der Waals surface area contributed by atoms with Gasteiger partial charge in [-0.15, -0.1) is 5.11 Å². The molecule has 6 heteroatoms. The lowest BCUT2D eigenvalue weighted by atomic mass is 10.3. The van der Waals surface area contributed by atoms with Crippen molar-refractivity contribution >= 4 is 50.5 Å². The molecule has 3 nitrogen and oxygen atoms in total. The fraction of sp³-hybridized carbons (Fsp3) is 0. The predicted molar refractivity (Wildman–Crippen MR) is 76.4 cm³/mol. The highest BCUT2D eigenvalue weighted by Crippen LogP contribution is 2.38. The second-order valence-corrected chi connectivity index (χ2v) is 5.16. The van der Waals surface area contributed by atoms with E-state index in [1.165, 1.54) is 6.07 Å². The third-order valence-corrected chi connectivity index (χ3v) is 3.15. The molecule has 0 heterocycles. The van der Waals surface area contributed by atoms with Gasteiger partial charge in [0.25, 0.3) is 0 Å². The van der Waals surface area contributed by atoms with Gasteiger partial charge in [0.2, 0.25) is 0 Å². The molecule has 0 saturated carbocycles. The molecule has 0 bridgehead atoms. The molecule has 0 atom stereocenters. The van der Waals surface area contributed by atoms with Crippen LogP contribution in [0.15, 0.2) is 51.1 Å². The van der Waals surface area contributed by atoms with E-state index in [0.29, 0.717) is 20.2 Å². The SMILES string of the molecule is Oc1c(Br)cc(Cl)cc1N=Nc1cccc(Cl)c1. The third kappa shape index (κ3) is 3.22. The zero-order chi connectivity index (χ0) is 13.1. The van der Waals surface area contributed by atoms with E-state index in [-0.39, 0.29) is 11.4 Å². The zero-order valence-corrected chi connectivity index (χ0v) is 12.0. The van der Waals surface area contributed by atoms with E-state index in [2.05, 4.69) is 26.2 Å². The van der Waals surface area contributed by atoms with E-state index in [1.807, 2.05) is 0 Å². The average molecular weight is 346 g/mol. The van der Waals surface area contributed by atoms with Crippen LogP contribution in [0.1, 0.15) is 0 Å². The summed E-state index contributed by atoms with van der Waals surface area (Å²) >= 11 is 14.9. The molecular weight excluding hydrogens is 339 g/mol. The minimum absolute atomic E-state index is 0.00909. The monoisotopic (exact) mass is 344 g/mol. The van der Waals surface area contributed by atoms with Crippen molar-refractivity contribution < 1.29 is 5.11 Å². The summed E-state index contributed by atoms with van der Waals surface area (Å²) in [5, 5.41) is 18.7. The van der Waals surface area contributed by atoms with Crippen LogP contribution in [0.25, 0.3) is 0 Å². The third-order valence-electron chi connectivity index (χ3n) is 2.09. The zero-order valence-electron chi connectivity index (χ0n) is 8.94. The quantitative estimate of drug-likeness (QED) is 0.679. The van der Waals surface area contributed by atoms with Crippen molar-refractivity contribution in [1.82, 2.24) is 0 Å². The summed E-state index contributed by atoms with van der Waals surface area (Å²) in [4.78, 5) is 0. The summed E-state index contributed by atoms with van der Waals surface area (Å²) < 4.78 is 0.468. The first-order valence-electron chi connectivity index (χ1n) is 4.91. The number of hydrogen-bond acceptors (Lipinski definition) is 3. The molecule has 18 heavy (non-hydrogen) atoms. The maximum atomic E-state index is 9.77. The van der Waals surface area contributed by atoms with Gasteiger partial charge in [-0.2, -0.15) is 5.11 Å². The van der Waals surface area contributed by atoms with Crippen LogP contribution in [-0.4, -0.2) is 5.11 Å². The Bertz CT molecular complexity index is 617. The molecule has 0 radical (unpaired) electrons. The van der Waals surface area contributed by atoms with Crippen molar-refractivity contribution in [2.45, 2.75) is 0 Å². The Kier molecular flexibility index (Phi) is 4.22. The highest BCUT2D eigenvalue weighted by atomic mass is 79.9. The summed E-state index contributed by atoms with van der Waals surface area (Å²) in [5.74, 6) is -0.00909. The lowest BCUT2D eigenvalue weighted by molar-refractivity contribution is 0.473. The Morgan fingerprint density at radius 1 is 1.00 bits per heavy atom. The van der Waals surface area contributed by atoms with Crippen LogP contribution >= 0.6 is 39.1 Å². The molecule has 2 rings (SSSR count). The molecule has 2 aromatic carbocycles. The van der Waals surface area contributed by atoms with Gasteiger partial charge in [0.1, 0.15) is 5.69 Å². The molecule has 0 aliphatic rings. The summed E-state index contributed by atoms with van der Waals surface area (Å²) in [6.07, 6.45) is 0. The van der Waals surface area contributed by atoms with Gasteiger partial charge in [-0.05, 0) is 46.3 Å². The number of hydrogen-bond donors (Lipinski definition) is 1. The maximum Gasteiger partial charge on any atom is 0.157 e. The van der Waals surface area contributed by atoms with E-state index >= 15 is 0 Å². The van der Waals surface area contributed by atoms with Crippen LogP contribution in [0.2, 0.25) is 10.0 Å². The Balaban J connectivity index is 2.34. The molecule has 0 amide bonds. The first-order valence-corrected chi connectivity index (χ1v) is 6.46. The van der Waals surface area contributed by atoms with Crippen LogP contribution < -0.4 is 0 Å². The van der Waals surface area contributed by atoms with Crippen molar-refractivity contribution in [2.24, 2.45) is 10.2 Å². The molecule has 0 fully saturated rings. The van der Waals surface area contributed by atoms with E-state index in [9.17, 15) is 5.11 Å². The average Bonchev–Trinajstić information content (AvgIpc) is 2.32. The molecule has 1 N–H and O–H groups in total. The second-order valence-electron chi connectivity index (χ2n) is 3.44. The predicted octanol–water partition coefficient (Wildman–Crippen LogP) is 5.88. The van der Waals surface area contributed by atoms with Gasteiger partial charge in [0.05, 0.1) is 10.2 Å². The van der Waals surface area contributed by atoms with E-state index < -0.39 is 0 Å². The molecule has 0 saturated heterocycles. The number of azo groups is 1. The molecule has 0 aromatic heterocycles. The highest BCUT2D eigenvalue weighted by molar-refractivity contribution is 9.10. The van der Waals surface area contributed by atoms with Gasteiger partial charge in [0.15, 0.2) is 5.75 Å². The highest BCUT2D eigenvalue weighted by Gasteiger charge is 2.06. The van der Waals surface area contributed by atoms with E-state index in [1.54, 1.807) is 30.3 Å². The van der Waals surface area contributed by atoms with Crippen LogP contribution in [0, 0.1) is 0 Å². The van der Waals surface area contributed by atoms with Gasteiger partial charge in [-0.25, -0.2) is 0 Å². The molecule has 2 aromatic rings. The van der Waals surface area contributed by atoms with Gasteiger partial charge in [0, 0.05) is 10.0 Å². The lowest BCUT2D eigenvalue weighted by Crippen LogP contribution is -1.72. The fourth-order valence-electron chi connectivity index (χ4n) is 1.28. The van der Waals surface area contributed by atoms with Gasteiger partial charge in [-0.1, -0.05) is 29.3 Å². The number of phenols is 1. The first kappa shape index (κ1) is 13.3. The summed E-state index contributed by atoms with van der Waals surface area (Å²) in [6.45, 7) is 0. The number of nitrogens with zero attached hydrogens (tertiary/aromatic N) is 2. The molecule has 0 unspecified atom stereocenters. The Morgan fingerprint density at radius 3 is 2.50 bits per heavy atom. The van der Waals surface area contributed by atoms with Crippen molar-refractivity contribution in [3.8, 4) is 5.75 Å². The van der Waals surface area contributed by atoms with Crippen LogP contribution in [-0.2, 0) is 0 Å². The Labute approximate surface area is 122 Å². The number of phenolic OH excluding ortho intramolecular Hbond substituents is 1. The van der Waals surface area contributed by atoms with Crippen LogP contribution in [0.4, 0.5) is 11.4 Å². The normalized spacial score (nSPS) is 11.1. The smallest absolute Gasteiger partial charge is 0.157 e. The lowest BCUT2D eigenvalue weighted by Gasteiger charge is -2.01. The van der Waals surface area contributed by atoms with Crippen molar-refractivity contribution in [3.63, 3.8) is 0 Å². The number of rotatable bonds is 2. The molecular formula is C12H7BrCl2N2O. The molecule has 92 valence electrons. The minimum Gasteiger partial charge on any atom is -0.505 e. The minimum atomic E-state index is -0.00909. The summed E-state index contributed by atoms with van der Waals surface area (Å²) in [6, 6.07) is 10.0. The molecule has 0 spiro atoms. The maximum absolute atomic E-state index is 9.77. The van der Waals surface area contributed by atoms with Gasteiger partial charge >= 0.3 is 0 Å². The van der Waals surface area contributed by atoms with Crippen molar-refractivity contribution in [3.05, 3.63) is 50.9 Å². The Morgan fingerprint density at radius 2 is 1.78 bits per heavy atom. The topological polar surface area (TPSA) is 45.0 Å². The number of aromatic hydroxyl groups is 1. The standard InChI is InChI=1S/C12H7BrCl2N2O/c13-10-5-8(15)6-11(12(10)18)17-16-9-3-1-2-7(14)4-9/h1-6,18H. The fourth-order valence-corrected chi connectivity index (χ4v) is 2.26. The summed E-state index contributed by atoms with van der Waals surface area (Å²) in [5.41, 5.74) is 0.882. The number of halogens is 3. The number of benzene rings is 2. The summed E-state index contributed by atoms with van der Waals surface area (Å²) in [7, 11) is 0. The second kappa shape index (κ2) is 5.69. The Hall–Kier alpha value is -1.10. The van der Waals surface area contributed by atoms with E-state index in [4.69, 9.17) is 23.2 Å². The first-order chi connectivity index (χ1) is 8.56. The van der Waals surface area contributed by atoms with Crippen molar-refractivity contribution in [1.29, 1.82) is 0 Å². The van der Waals surface area contributed by atoms with Crippen molar-refractivity contribution in [2.75, 3.05) is 0 Å².